The summed E-state index contributed by atoms with van der Waals surface area (Å²) < 4.78 is 14.7. The van der Waals surface area contributed by atoms with Crippen molar-refractivity contribution < 1.29 is 14.3 Å². The first-order valence-electron chi connectivity index (χ1n) is 6.32. The topological polar surface area (TPSA) is 67.5 Å². The Morgan fingerprint density at radius 3 is 2.52 bits per heavy atom. The van der Waals surface area contributed by atoms with Gasteiger partial charge in [0.25, 0.3) is 0 Å². The fraction of sp³-hybridized carbons (Fsp3) is 0.133. The van der Waals surface area contributed by atoms with Gasteiger partial charge in [-0.25, -0.2) is 19.2 Å². The molecule has 0 saturated heterocycles. The molecule has 0 aliphatic rings. The summed E-state index contributed by atoms with van der Waals surface area (Å²) in [5.74, 6) is -1.42. The predicted octanol–water partition coefficient (Wildman–Crippen LogP) is 2.85. The lowest BCUT2D eigenvalue weighted by atomic mass is 10.0. The fourth-order valence-corrected chi connectivity index (χ4v) is 2.48. The minimum absolute atomic E-state index is 0.0770. The van der Waals surface area contributed by atoms with E-state index in [0.717, 1.165) is 16.8 Å². The van der Waals surface area contributed by atoms with Crippen LogP contribution in [0.4, 0.5) is 4.39 Å². The molecule has 2 aromatic heterocycles. The molecule has 106 valence electrons. The first kappa shape index (κ1) is 13.2. The summed E-state index contributed by atoms with van der Waals surface area (Å²) in [6.07, 6.45) is 1.44. The van der Waals surface area contributed by atoms with Crippen LogP contribution < -0.4 is 0 Å². The molecule has 0 amide bonds. The highest BCUT2D eigenvalue weighted by molar-refractivity contribution is 5.92. The van der Waals surface area contributed by atoms with E-state index >= 15 is 0 Å². The van der Waals surface area contributed by atoms with Gasteiger partial charge in [-0.15, -0.1) is 0 Å². The molecule has 0 fully saturated rings. The average Bonchev–Trinajstić information content (AvgIpc) is 2.85. The maximum Gasteiger partial charge on any atom is 0.358 e. The van der Waals surface area contributed by atoms with Gasteiger partial charge in [-0.05, 0) is 31.5 Å². The molecule has 2 heterocycles. The second-order valence-electron chi connectivity index (χ2n) is 4.76. The summed E-state index contributed by atoms with van der Waals surface area (Å²) in [5.41, 5.74) is 3.39. The van der Waals surface area contributed by atoms with Crippen LogP contribution in [0.5, 0.6) is 0 Å². The number of carbonyl (C=O) groups is 1. The van der Waals surface area contributed by atoms with Gasteiger partial charge in [0.15, 0.2) is 11.3 Å². The Labute approximate surface area is 119 Å². The zero-order chi connectivity index (χ0) is 15.1. The van der Waals surface area contributed by atoms with Crippen molar-refractivity contribution in [2.45, 2.75) is 13.8 Å². The summed E-state index contributed by atoms with van der Waals surface area (Å²) in [5, 5.41) is 9.11. The standard InChI is InChI=1S/C15H12FN3O2/c1-8-12(10-3-5-11(16)6-4-10)9(2)19-7-17-13(15(20)21)14(19)18-8/h3-7H,1-2H3,(H,20,21). The zero-order valence-electron chi connectivity index (χ0n) is 11.5. The Hall–Kier alpha value is -2.76. The van der Waals surface area contributed by atoms with Gasteiger partial charge in [0.2, 0.25) is 0 Å². The fourth-order valence-electron chi connectivity index (χ4n) is 2.48. The number of hydrogen-bond donors (Lipinski definition) is 1. The van der Waals surface area contributed by atoms with Gasteiger partial charge in [-0.2, -0.15) is 0 Å². The maximum atomic E-state index is 13.1. The van der Waals surface area contributed by atoms with Gasteiger partial charge in [0.1, 0.15) is 12.1 Å². The third-order valence-corrected chi connectivity index (χ3v) is 3.44. The lowest BCUT2D eigenvalue weighted by Gasteiger charge is -2.12. The number of aromatic nitrogens is 3. The number of halogens is 1. The summed E-state index contributed by atoms with van der Waals surface area (Å²) in [4.78, 5) is 19.4. The molecule has 3 aromatic rings. The highest BCUT2D eigenvalue weighted by atomic mass is 19.1. The highest BCUT2D eigenvalue weighted by Crippen LogP contribution is 2.27. The number of nitrogens with zero attached hydrogens (tertiary/aromatic N) is 3. The van der Waals surface area contributed by atoms with Gasteiger partial charge < -0.3 is 5.11 Å². The summed E-state index contributed by atoms with van der Waals surface area (Å²) in [7, 11) is 0. The van der Waals surface area contributed by atoms with Crippen molar-refractivity contribution in [3.8, 4) is 11.1 Å². The molecule has 0 aliphatic carbocycles. The molecule has 6 heteroatoms. The van der Waals surface area contributed by atoms with Crippen LogP contribution in [0.15, 0.2) is 30.6 Å². The molecular formula is C15H12FN3O2. The Kier molecular flexibility index (Phi) is 2.94. The maximum absolute atomic E-state index is 13.1. The van der Waals surface area contributed by atoms with Crippen LogP contribution >= 0.6 is 0 Å². The van der Waals surface area contributed by atoms with Crippen molar-refractivity contribution in [3.05, 3.63) is 53.5 Å². The van der Waals surface area contributed by atoms with E-state index in [-0.39, 0.29) is 11.5 Å². The van der Waals surface area contributed by atoms with Crippen molar-refractivity contribution in [3.63, 3.8) is 0 Å². The van der Waals surface area contributed by atoms with Crippen molar-refractivity contribution in [2.75, 3.05) is 0 Å². The van der Waals surface area contributed by atoms with E-state index in [1.807, 2.05) is 6.92 Å². The smallest absolute Gasteiger partial charge is 0.358 e. The largest absolute Gasteiger partial charge is 0.476 e. The van der Waals surface area contributed by atoms with Crippen LogP contribution in [0, 0.1) is 19.7 Å². The number of rotatable bonds is 2. The van der Waals surface area contributed by atoms with E-state index in [0.29, 0.717) is 11.3 Å². The minimum atomic E-state index is -1.11. The minimum Gasteiger partial charge on any atom is -0.476 e. The number of aryl methyl sites for hydroxylation is 2. The van der Waals surface area contributed by atoms with E-state index in [1.165, 1.54) is 18.5 Å². The lowest BCUT2D eigenvalue weighted by molar-refractivity contribution is 0.0693. The van der Waals surface area contributed by atoms with E-state index in [1.54, 1.807) is 23.5 Å². The van der Waals surface area contributed by atoms with Crippen molar-refractivity contribution in [2.24, 2.45) is 0 Å². The Balaban J connectivity index is 2.30. The molecule has 3 rings (SSSR count). The first-order valence-corrected chi connectivity index (χ1v) is 6.32. The quantitative estimate of drug-likeness (QED) is 0.786. The number of imidazole rings is 1. The van der Waals surface area contributed by atoms with Crippen LogP contribution in [0.25, 0.3) is 16.8 Å². The van der Waals surface area contributed by atoms with E-state index in [9.17, 15) is 9.18 Å². The van der Waals surface area contributed by atoms with E-state index < -0.39 is 5.97 Å². The number of carboxylic acids is 1. The monoisotopic (exact) mass is 285 g/mol. The first-order chi connectivity index (χ1) is 9.99. The van der Waals surface area contributed by atoms with Gasteiger partial charge in [-0.3, -0.25) is 4.40 Å². The van der Waals surface area contributed by atoms with Crippen LogP contribution in [0.3, 0.4) is 0 Å². The molecule has 1 aromatic carbocycles. The SMILES string of the molecule is Cc1nc2c(C(=O)O)ncn2c(C)c1-c1ccc(F)cc1. The Morgan fingerprint density at radius 2 is 1.90 bits per heavy atom. The van der Waals surface area contributed by atoms with Gasteiger partial charge in [0, 0.05) is 17.0 Å². The molecule has 0 atom stereocenters. The normalized spacial score (nSPS) is 11.0. The van der Waals surface area contributed by atoms with Crippen LogP contribution in [-0.2, 0) is 0 Å². The summed E-state index contributed by atoms with van der Waals surface area (Å²) in [6, 6.07) is 6.12. The molecule has 21 heavy (non-hydrogen) atoms. The molecule has 0 unspecified atom stereocenters. The summed E-state index contributed by atoms with van der Waals surface area (Å²) >= 11 is 0. The number of aromatic carboxylic acids is 1. The average molecular weight is 285 g/mol. The Morgan fingerprint density at radius 1 is 1.24 bits per heavy atom. The van der Waals surface area contributed by atoms with E-state index in [4.69, 9.17) is 5.11 Å². The van der Waals surface area contributed by atoms with Gasteiger partial charge >= 0.3 is 5.97 Å². The van der Waals surface area contributed by atoms with Crippen LogP contribution in [0.1, 0.15) is 21.9 Å². The molecule has 0 radical (unpaired) electrons. The lowest BCUT2D eigenvalue weighted by Crippen LogP contribution is -2.04. The van der Waals surface area contributed by atoms with Crippen LogP contribution in [0.2, 0.25) is 0 Å². The molecule has 0 bridgehead atoms. The number of hydrogen-bond acceptors (Lipinski definition) is 3. The number of benzene rings is 1. The molecular weight excluding hydrogens is 273 g/mol. The van der Waals surface area contributed by atoms with Crippen molar-refractivity contribution in [1.29, 1.82) is 0 Å². The predicted molar refractivity (Wildman–Crippen MR) is 74.8 cm³/mol. The molecule has 0 saturated carbocycles. The summed E-state index contributed by atoms with van der Waals surface area (Å²) in [6.45, 7) is 3.65. The third kappa shape index (κ3) is 2.05. The van der Waals surface area contributed by atoms with Crippen molar-refractivity contribution in [1.82, 2.24) is 14.4 Å². The third-order valence-electron chi connectivity index (χ3n) is 3.44. The van der Waals surface area contributed by atoms with Gasteiger partial charge in [-0.1, -0.05) is 12.1 Å². The highest BCUT2D eigenvalue weighted by Gasteiger charge is 2.18. The number of fused-ring (bicyclic) bond motifs is 1. The van der Waals surface area contributed by atoms with Crippen molar-refractivity contribution >= 4 is 11.6 Å². The van der Waals surface area contributed by atoms with Crippen LogP contribution in [-0.4, -0.2) is 25.4 Å². The molecule has 0 aliphatic heterocycles. The second-order valence-corrected chi connectivity index (χ2v) is 4.76. The van der Waals surface area contributed by atoms with E-state index in [2.05, 4.69) is 9.97 Å². The number of carboxylic acid groups (broad SMARTS) is 1. The van der Waals surface area contributed by atoms with Gasteiger partial charge in [0.05, 0.1) is 0 Å². The molecule has 1 N–H and O–H groups in total. The molecule has 5 nitrogen and oxygen atoms in total. The molecule has 0 spiro atoms. The second kappa shape index (κ2) is 4.66. The Bertz CT molecular complexity index is 853. The zero-order valence-corrected chi connectivity index (χ0v) is 11.5.